The van der Waals surface area contributed by atoms with E-state index in [-0.39, 0.29) is 5.41 Å². The van der Waals surface area contributed by atoms with Crippen molar-refractivity contribution in [3.05, 3.63) is 151 Å². The average molecular weight is 780 g/mol. The summed E-state index contributed by atoms with van der Waals surface area (Å²) in [5, 5.41) is 7.74. The largest absolute Gasteiger partial charge is 0.208 e. The van der Waals surface area contributed by atoms with Crippen molar-refractivity contribution >= 4 is 73.8 Å². The number of rotatable bonds is 3. The highest BCUT2D eigenvalue weighted by Gasteiger charge is 2.62. The van der Waals surface area contributed by atoms with E-state index in [1.165, 1.54) is 99.9 Å². The van der Waals surface area contributed by atoms with Gasteiger partial charge in [-0.2, -0.15) is 0 Å². The zero-order chi connectivity index (χ0) is 37.7. The highest BCUT2D eigenvalue weighted by Crippen LogP contribution is 2.70. The SMILES string of the molecule is c1ccc2c3c(ccc2c1)-c1ccc(-c2nc(-c4cccc5sc6ccccc6c45)nc(-c4cccc5sc6ccccc6c45)n2)cc1C31C2CC3CC(C2)CC1C3. The van der Waals surface area contributed by atoms with E-state index >= 15 is 0 Å². The Balaban J connectivity index is 1.04. The second-order valence-corrected chi connectivity index (χ2v) is 19.7. The molecule has 7 aromatic carbocycles. The lowest BCUT2D eigenvalue weighted by Crippen LogP contribution is -2.55. The summed E-state index contributed by atoms with van der Waals surface area (Å²) in [5.41, 5.74) is 9.18. The van der Waals surface area contributed by atoms with Gasteiger partial charge in [0.1, 0.15) is 0 Å². The molecule has 5 aliphatic rings. The van der Waals surface area contributed by atoms with Gasteiger partial charge in [0, 0.05) is 62.4 Å². The fraction of sp³-hybridized carbons (Fsp3) is 0.189. The minimum Gasteiger partial charge on any atom is -0.208 e. The van der Waals surface area contributed by atoms with Crippen molar-refractivity contribution in [1.82, 2.24) is 15.0 Å². The van der Waals surface area contributed by atoms with Crippen molar-refractivity contribution in [2.24, 2.45) is 23.7 Å². The van der Waals surface area contributed by atoms with E-state index in [1.807, 2.05) is 22.7 Å². The maximum atomic E-state index is 5.50. The number of fused-ring (bicyclic) bond motifs is 11. The van der Waals surface area contributed by atoms with Crippen LogP contribution in [0.15, 0.2) is 140 Å². The molecule has 4 bridgehead atoms. The van der Waals surface area contributed by atoms with Crippen LogP contribution in [-0.2, 0) is 5.41 Å². The first-order valence-corrected chi connectivity index (χ1v) is 22.6. The van der Waals surface area contributed by atoms with E-state index < -0.39 is 0 Å². The lowest BCUT2D eigenvalue weighted by molar-refractivity contribution is -0.0393. The highest BCUT2D eigenvalue weighted by atomic mass is 32.1. The molecule has 0 radical (unpaired) electrons. The summed E-state index contributed by atoms with van der Waals surface area (Å²) in [7, 11) is 0. The van der Waals surface area contributed by atoms with Crippen LogP contribution in [0.25, 0.3) is 96.4 Å². The number of benzene rings is 7. The fourth-order valence-corrected chi connectivity index (χ4v) is 15.0. The summed E-state index contributed by atoms with van der Waals surface area (Å²) >= 11 is 3.68. The molecule has 0 unspecified atom stereocenters. The van der Waals surface area contributed by atoms with Gasteiger partial charge in [-0.15, -0.1) is 22.7 Å². The molecule has 0 amide bonds. The molecule has 15 rings (SSSR count). The van der Waals surface area contributed by atoms with E-state index in [0.717, 1.165) is 46.0 Å². The standard InChI is InChI=1S/C53H37N3S2/c1-2-10-35-31(9-1)19-22-37-36-21-20-32(28-42(36)53(49(35)37)33-24-29-23-30(26-33)27-34(53)25-29)50-54-51(40-13-7-17-45-47(40)38-11-3-5-15-43(38)57-45)56-52(55-50)41-14-8-18-46-48(41)39-12-4-6-16-44(39)58-46/h1-22,28-30,33-34H,23-27H2. The molecule has 3 aromatic heterocycles. The molecule has 0 aliphatic heterocycles. The highest BCUT2D eigenvalue weighted by molar-refractivity contribution is 7.26. The Morgan fingerprint density at radius 2 is 0.966 bits per heavy atom. The van der Waals surface area contributed by atoms with Crippen LogP contribution >= 0.6 is 22.7 Å². The molecule has 3 nitrogen and oxygen atoms in total. The van der Waals surface area contributed by atoms with Crippen LogP contribution in [0.1, 0.15) is 43.2 Å². The Kier molecular flexibility index (Phi) is 6.49. The molecule has 4 fully saturated rings. The van der Waals surface area contributed by atoms with Crippen molar-refractivity contribution in [2.45, 2.75) is 37.5 Å². The van der Waals surface area contributed by atoms with Crippen LogP contribution < -0.4 is 0 Å². The molecule has 5 aliphatic carbocycles. The quantitative estimate of drug-likeness (QED) is 0.179. The third-order valence-corrected chi connectivity index (χ3v) is 17.0. The third kappa shape index (κ3) is 4.25. The smallest absolute Gasteiger partial charge is 0.164 e. The maximum absolute atomic E-state index is 5.50. The molecule has 5 heteroatoms. The van der Waals surface area contributed by atoms with Gasteiger partial charge in [0.05, 0.1) is 0 Å². The molecule has 10 aromatic rings. The molecule has 0 N–H and O–H groups in total. The van der Waals surface area contributed by atoms with Gasteiger partial charge in [-0.1, -0.05) is 109 Å². The Bertz CT molecular complexity index is 3230. The van der Waals surface area contributed by atoms with Gasteiger partial charge >= 0.3 is 0 Å². The van der Waals surface area contributed by atoms with Gasteiger partial charge in [-0.25, -0.2) is 15.0 Å². The maximum Gasteiger partial charge on any atom is 0.164 e. The molecule has 0 atom stereocenters. The van der Waals surface area contributed by atoms with E-state index in [0.29, 0.717) is 11.8 Å². The first kappa shape index (κ1) is 32.2. The normalized spacial score (nSPS) is 22.9. The summed E-state index contributed by atoms with van der Waals surface area (Å²) < 4.78 is 5.06. The Labute approximate surface area is 344 Å². The first-order valence-electron chi connectivity index (χ1n) is 20.9. The summed E-state index contributed by atoms with van der Waals surface area (Å²) in [4.78, 5) is 16.4. The molecule has 58 heavy (non-hydrogen) atoms. The summed E-state index contributed by atoms with van der Waals surface area (Å²) in [5.74, 6) is 5.26. The Hall–Kier alpha value is -5.75. The zero-order valence-corrected chi connectivity index (χ0v) is 33.4. The van der Waals surface area contributed by atoms with Gasteiger partial charge < -0.3 is 0 Å². The van der Waals surface area contributed by atoms with E-state index in [4.69, 9.17) is 15.0 Å². The van der Waals surface area contributed by atoms with Gasteiger partial charge in [-0.05, 0) is 119 Å². The van der Waals surface area contributed by atoms with Gasteiger partial charge in [0.15, 0.2) is 17.5 Å². The van der Waals surface area contributed by atoms with Gasteiger partial charge in [0.25, 0.3) is 0 Å². The monoisotopic (exact) mass is 779 g/mol. The van der Waals surface area contributed by atoms with Crippen molar-refractivity contribution in [2.75, 3.05) is 0 Å². The minimum absolute atomic E-state index is 0.00994. The Morgan fingerprint density at radius 3 is 1.60 bits per heavy atom. The van der Waals surface area contributed by atoms with Crippen molar-refractivity contribution < 1.29 is 0 Å². The minimum atomic E-state index is 0.00994. The summed E-state index contributed by atoms with van der Waals surface area (Å²) in [6, 6.07) is 51.9. The molecule has 0 saturated heterocycles. The number of aromatic nitrogens is 3. The number of nitrogens with zero attached hydrogens (tertiary/aromatic N) is 3. The lowest BCUT2D eigenvalue weighted by Gasteiger charge is -2.61. The average Bonchev–Trinajstić information content (AvgIpc) is 3.93. The second-order valence-electron chi connectivity index (χ2n) is 17.5. The Morgan fingerprint density at radius 1 is 0.431 bits per heavy atom. The van der Waals surface area contributed by atoms with Crippen LogP contribution in [0, 0.1) is 23.7 Å². The van der Waals surface area contributed by atoms with Crippen LogP contribution in [0.4, 0.5) is 0 Å². The van der Waals surface area contributed by atoms with Crippen LogP contribution in [0.2, 0.25) is 0 Å². The van der Waals surface area contributed by atoms with E-state index in [9.17, 15) is 0 Å². The fourth-order valence-electron chi connectivity index (χ4n) is 12.8. The van der Waals surface area contributed by atoms with Gasteiger partial charge in [-0.3, -0.25) is 0 Å². The molecule has 4 saturated carbocycles. The van der Waals surface area contributed by atoms with Crippen LogP contribution in [0.5, 0.6) is 0 Å². The van der Waals surface area contributed by atoms with Crippen molar-refractivity contribution in [3.63, 3.8) is 0 Å². The molecule has 276 valence electrons. The van der Waals surface area contributed by atoms with E-state index in [2.05, 4.69) is 140 Å². The second kappa shape index (κ2) is 11.7. The molecular formula is C53H37N3S2. The summed E-state index contributed by atoms with van der Waals surface area (Å²) in [6.07, 6.45) is 6.81. The molecule has 3 heterocycles. The van der Waals surface area contributed by atoms with Gasteiger partial charge in [0.2, 0.25) is 0 Å². The van der Waals surface area contributed by atoms with Crippen LogP contribution in [-0.4, -0.2) is 15.0 Å². The third-order valence-electron chi connectivity index (χ3n) is 14.7. The van der Waals surface area contributed by atoms with Crippen molar-refractivity contribution in [1.29, 1.82) is 0 Å². The zero-order valence-electron chi connectivity index (χ0n) is 31.8. The number of hydrogen-bond donors (Lipinski definition) is 0. The first-order chi connectivity index (χ1) is 28.7. The van der Waals surface area contributed by atoms with Crippen molar-refractivity contribution in [3.8, 4) is 45.3 Å². The number of thiophene rings is 2. The topological polar surface area (TPSA) is 38.7 Å². The molecule has 1 spiro atoms. The lowest BCUT2D eigenvalue weighted by atomic mass is 9.43. The number of hydrogen-bond acceptors (Lipinski definition) is 5. The predicted molar refractivity (Wildman–Crippen MR) is 243 cm³/mol. The van der Waals surface area contributed by atoms with Crippen LogP contribution in [0.3, 0.4) is 0 Å². The molecular weight excluding hydrogens is 743 g/mol. The predicted octanol–water partition coefficient (Wildman–Crippen LogP) is 14.5. The van der Waals surface area contributed by atoms with E-state index in [1.54, 1.807) is 5.56 Å². The summed E-state index contributed by atoms with van der Waals surface area (Å²) in [6.45, 7) is 0.